The molecule has 0 aliphatic rings. The van der Waals surface area contributed by atoms with Gasteiger partial charge in [0.25, 0.3) is 0 Å². The van der Waals surface area contributed by atoms with E-state index in [0.717, 1.165) is 5.69 Å². The topological polar surface area (TPSA) is 33.3 Å². The van der Waals surface area contributed by atoms with Crippen LogP contribution in [0.15, 0.2) is 24.3 Å². The molecule has 0 saturated heterocycles. The summed E-state index contributed by atoms with van der Waals surface area (Å²) in [5, 5.41) is 6.37. The molecule has 0 fully saturated rings. The van der Waals surface area contributed by atoms with E-state index in [1.165, 1.54) is 12.1 Å². The van der Waals surface area contributed by atoms with Gasteiger partial charge in [0.2, 0.25) is 0 Å². The van der Waals surface area contributed by atoms with Crippen LogP contribution in [-0.2, 0) is 4.74 Å². The van der Waals surface area contributed by atoms with Crippen molar-refractivity contribution in [1.82, 2.24) is 5.32 Å². The molecule has 0 aliphatic carbocycles. The Balaban J connectivity index is 2.34. The highest BCUT2D eigenvalue weighted by Crippen LogP contribution is 2.07. The lowest BCUT2D eigenvalue weighted by atomic mass is 10.3. The van der Waals surface area contributed by atoms with Crippen LogP contribution < -0.4 is 10.6 Å². The van der Waals surface area contributed by atoms with Gasteiger partial charge < -0.3 is 15.4 Å². The summed E-state index contributed by atoms with van der Waals surface area (Å²) in [6.07, 6.45) is 0. The lowest BCUT2D eigenvalue weighted by molar-refractivity contribution is 0.204. The standard InChI is InChI=1S/C10H13FN2OS/c1-14-7-6-12-10(15)13-9-4-2-8(11)3-5-9/h2-5H,6-7H2,1H3,(H2,12,13,15). The van der Waals surface area contributed by atoms with Gasteiger partial charge in [-0.3, -0.25) is 0 Å². The van der Waals surface area contributed by atoms with Crippen LogP contribution in [0.1, 0.15) is 0 Å². The van der Waals surface area contributed by atoms with Gasteiger partial charge in [0.1, 0.15) is 5.82 Å². The largest absolute Gasteiger partial charge is 0.383 e. The molecule has 0 atom stereocenters. The van der Waals surface area contributed by atoms with Gasteiger partial charge >= 0.3 is 0 Å². The SMILES string of the molecule is COCCNC(=S)Nc1ccc(F)cc1. The molecular formula is C10H13FN2OS. The van der Waals surface area contributed by atoms with E-state index in [-0.39, 0.29) is 5.82 Å². The predicted molar refractivity (Wildman–Crippen MR) is 62.5 cm³/mol. The van der Waals surface area contributed by atoms with Crippen molar-refractivity contribution in [3.63, 3.8) is 0 Å². The molecule has 0 aromatic heterocycles. The maximum Gasteiger partial charge on any atom is 0.170 e. The summed E-state index contributed by atoms with van der Waals surface area (Å²) in [4.78, 5) is 0. The van der Waals surface area contributed by atoms with Crippen molar-refractivity contribution in [2.24, 2.45) is 0 Å². The zero-order chi connectivity index (χ0) is 11.1. The summed E-state index contributed by atoms with van der Waals surface area (Å²) in [5.41, 5.74) is 0.756. The van der Waals surface area contributed by atoms with E-state index in [1.807, 2.05) is 0 Å². The number of benzene rings is 1. The average molecular weight is 228 g/mol. The fraction of sp³-hybridized carbons (Fsp3) is 0.300. The van der Waals surface area contributed by atoms with Crippen molar-refractivity contribution in [3.05, 3.63) is 30.1 Å². The second kappa shape index (κ2) is 6.31. The van der Waals surface area contributed by atoms with Gasteiger partial charge in [-0.25, -0.2) is 4.39 Å². The van der Waals surface area contributed by atoms with Crippen LogP contribution in [0.2, 0.25) is 0 Å². The Bertz CT molecular complexity index is 316. The molecule has 0 radical (unpaired) electrons. The van der Waals surface area contributed by atoms with Crippen molar-refractivity contribution < 1.29 is 9.13 Å². The summed E-state index contributed by atoms with van der Waals surface area (Å²) < 4.78 is 17.4. The fourth-order valence-electron chi connectivity index (χ4n) is 0.975. The van der Waals surface area contributed by atoms with Crippen molar-refractivity contribution in [1.29, 1.82) is 0 Å². The number of rotatable bonds is 4. The summed E-state index contributed by atoms with van der Waals surface area (Å²) >= 11 is 5.01. The lowest BCUT2D eigenvalue weighted by Gasteiger charge is -2.09. The van der Waals surface area contributed by atoms with Crippen LogP contribution in [-0.4, -0.2) is 25.4 Å². The van der Waals surface area contributed by atoms with Crippen LogP contribution in [0.3, 0.4) is 0 Å². The monoisotopic (exact) mass is 228 g/mol. The first-order valence-electron chi connectivity index (χ1n) is 4.51. The highest BCUT2D eigenvalue weighted by atomic mass is 32.1. The van der Waals surface area contributed by atoms with E-state index >= 15 is 0 Å². The van der Waals surface area contributed by atoms with E-state index in [1.54, 1.807) is 19.2 Å². The van der Waals surface area contributed by atoms with E-state index in [9.17, 15) is 4.39 Å². The molecule has 1 rings (SSSR count). The van der Waals surface area contributed by atoms with Crippen molar-refractivity contribution in [2.45, 2.75) is 0 Å². The number of halogens is 1. The molecule has 0 saturated carbocycles. The molecule has 0 amide bonds. The van der Waals surface area contributed by atoms with Crippen LogP contribution >= 0.6 is 12.2 Å². The van der Waals surface area contributed by atoms with Gasteiger partial charge in [-0.2, -0.15) is 0 Å². The number of methoxy groups -OCH3 is 1. The average Bonchev–Trinajstić information content (AvgIpc) is 2.22. The third-order valence-corrected chi connectivity index (χ3v) is 1.94. The molecule has 0 unspecified atom stereocenters. The Hall–Kier alpha value is -1.20. The molecule has 2 N–H and O–H groups in total. The van der Waals surface area contributed by atoms with Crippen LogP contribution in [0.5, 0.6) is 0 Å². The molecule has 0 aliphatic heterocycles. The van der Waals surface area contributed by atoms with E-state index in [4.69, 9.17) is 17.0 Å². The molecule has 1 aromatic rings. The Morgan fingerprint density at radius 2 is 2.07 bits per heavy atom. The van der Waals surface area contributed by atoms with E-state index in [2.05, 4.69) is 10.6 Å². The number of thiocarbonyl (C=S) groups is 1. The van der Waals surface area contributed by atoms with Gasteiger partial charge in [0, 0.05) is 19.3 Å². The first kappa shape index (κ1) is 11.9. The highest BCUT2D eigenvalue weighted by molar-refractivity contribution is 7.80. The number of hydrogen-bond donors (Lipinski definition) is 2. The van der Waals surface area contributed by atoms with Crippen molar-refractivity contribution in [3.8, 4) is 0 Å². The minimum absolute atomic E-state index is 0.265. The third kappa shape index (κ3) is 4.71. The minimum atomic E-state index is -0.265. The molecule has 0 heterocycles. The van der Waals surface area contributed by atoms with E-state index in [0.29, 0.717) is 18.3 Å². The molecule has 1 aromatic carbocycles. The Morgan fingerprint density at radius 3 is 2.67 bits per heavy atom. The van der Waals surface area contributed by atoms with Crippen LogP contribution in [0.25, 0.3) is 0 Å². The molecular weight excluding hydrogens is 215 g/mol. The second-order valence-electron chi connectivity index (χ2n) is 2.88. The summed E-state index contributed by atoms with van der Waals surface area (Å²) in [6, 6.07) is 6.00. The summed E-state index contributed by atoms with van der Waals surface area (Å²) in [7, 11) is 1.62. The zero-order valence-corrected chi connectivity index (χ0v) is 9.23. The van der Waals surface area contributed by atoms with Crippen molar-refractivity contribution in [2.75, 3.05) is 25.6 Å². The predicted octanol–water partition coefficient (Wildman–Crippen LogP) is 1.76. The molecule has 82 valence electrons. The highest BCUT2D eigenvalue weighted by Gasteiger charge is 1.96. The van der Waals surface area contributed by atoms with Gasteiger partial charge in [-0.15, -0.1) is 0 Å². The third-order valence-electron chi connectivity index (χ3n) is 1.69. The number of anilines is 1. The maximum absolute atomic E-state index is 12.6. The molecule has 5 heteroatoms. The molecule has 0 spiro atoms. The summed E-state index contributed by atoms with van der Waals surface area (Å²) in [6.45, 7) is 1.23. The summed E-state index contributed by atoms with van der Waals surface area (Å²) in [5.74, 6) is -0.265. The Kier molecular flexibility index (Phi) is 5.00. The fourth-order valence-corrected chi connectivity index (χ4v) is 1.20. The number of hydrogen-bond acceptors (Lipinski definition) is 2. The normalized spacial score (nSPS) is 9.73. The quantitative estimate of drug-likeness (QED) is 0.607. The first-order chi connectivity index (χ1) is 7.22. The van der Waals surface area contributed by atoms with Crippen molar-refractivity contribution >= 4 is 23.0 Å². The van der Waals surface area contributed by atoms with Gasteiger partial charge in [-0.05, 0) is 36.5 Å². The molecule has 15 heavy (non-hydrogen) atoms. The van der Waals surface area contributed by atoms with Crippen LogP contribution in [0, 0.1) is 5.82 Å². The van der Waals surface area contributed by atoms with Gasteiger partial charge in [0.15, 0.2) is 5.11 Å². The van der Waals surface area contributed by atoms with Gasteiger partial charge in [0.05, 0.1) is 6.61 Å². The maximum atomic E-state index is 12.6. The zero-order valence-electron chi connectivity index (χ0n) is 8.42. The number of ether oxygens (including phenoxy) is 1. The lowest BCUT2D eigenvalue weighted by Crippen LogP contribution is -2.31. The van der Waals surface area contributed by atoms with E-state index < -0.39 is 0 Å². The molecule has 0 bridgehead atoms. The van der Waals surface area contributed by atoms with Crippen LogP contribution in [0.4, 0.5) is 10.1 Å². The minimum Gasteiger partial charge on any atom is -0.383 e. The first-order valence-corrected chi connectivity index (χ1v) is 4.92. The second-order valence-corrected chi connectivity index (χ2v) is 3.29. The van der Waals surface area contributed by atoms with Gasteiger partial charge in [-0.1, -0.05) is 0 Å². The smallest absolute Gasteiger partial charge is 0.170 e. The molecule has 3 nitrogen and oxygen atoms in total. The Labute approximate surface area is 93.6 Å². The number of nitrogens with one attached hydrogen (secondary N) is 2. The Morgan fingerprint density at radius 1 is 1.40 bits per heavy atom.